The first kappa shape index (κ1) is 23.6. The molecule has 0 radical (unpaired) electrons. The van der Waals surface area contributed by atoms with Crippen LogP contribution in [0.25, 0.3) is 11.1 Å². The molecule has 36 heavy (non-hydrogen) atoms. The fourth-order valence-electron chi connectivity index (χ4n) is 4.13. The summed E-state index contributed by atoms with van der Waals surface area (Å²) in [6.07, 6.45) is 5.47. The van der Waals surface area contributed by atoms with E-state index in [1.54, 1.807) is 45.8 Å². The molecular formula is C26H29N7O3. The molecule has 1 aliphatic rings. The zero-order valence-electron chi connectivity index (χ0n) is 20.4. The molecule has 186 valence electrons. The minimum Gasteiger partial charge on any atom is -0.497 e. The number of aliphatic hydroxyl groups excluding tert-OH is 1. The number of methoxy groups -OCH3 is 2. The van der Waals surface area contributed by atoms with Crippen LogP contribution < -0.4 is 25.4 Å². The molecule has 0 bridgehead atoms. The summed E-state index contributed by atoms with van der Waals surface area (Å²) in [7, 11) is 3.21. The van der Waals surface area contributed by atoms with Crippen molar-refractivity contribution in [2.75, 3.05) is 31.4 Å². The molecule has 1 aliphatic heterocycles. The maximum atomic E-state index is 9.91. The molecule has 0 aliphatic carbocycles. The number of nitrogens with one attached hydrogen (secondary N) is 3. The summed E-state index contributed by atoms with van der Waals surface area (Å²) >= 11 is 0. The average Bonchev–Trinajstić information content (AvgIpc) is 3.39. The van der Waals surface area contributed by atoms with E-state index >= 15 is 0 Å². The Labute approximate surface area is 209 Å². The lowest BCUT2D eigenvalue weighted by molar-refractivity contribution is 0.111. The molecule has 2 aromatic heterocycles. The number of hydrogen-bond donors (Lipinski definition) is 4. The minimum absolute atomic E-state index is 0.402. The van der Waals surface area contributed by atoms with E-state index in [-0.39, 0.29) is 0 Å². The van der Waals surface area contributed by atoms with E-state index in [0.717, 1.165) is 42.0 Å². The molecule has 0 fully saturated rings. The molecular weight excluding hydrogens is 458 g/mol. The van der Waals surface area contributed by atoms with Crippen molar-refractivity contribution in [2.45, 2.75) is 26.1 Å². The van der Waals surface area contributed by atoms with Gasteiger partial charge in [0.25, 0.3) is 0 Å². The van der Waals surface area contributed by atoms with Crippen LogP contribution in [0.1, 0.15) is 24.3 Å². The van der Waals surface area contributed by atoms with Crippen LogP contribution in [-0.2, 0) is 13.0 Å². The Morgan fingerprint density at radius 2 is 1.81 bits per heavy atom. The van der Waals surface area contributed by atoms with Gasteiger partial charge < -0.3 is 30.5 Å². The molecule has 0 spiro atoms. The summed E-state index contributed by atoms with van der Waals surface area (Å²) in [4.78, 5) is 9.32. The van der Waals surface area contributed by atoms with E-state index in [4.69, 9.17) is 14.5 Å². The van der Waals surface area contributed by atoms with Crippen LogP contribution in [0.2, 0.25) is 0 Å². The molecule has 4 N–H and O–H groups in total. The van der Waals surface area contributed by atoms with Gasteiger partial charge in [0, 0.05) is 59.6 Å². The predicted molar refractivity (Wildman–Crippen MR) is 138 cm³/mol. The molecule has 10 heteroatoms. The molecule has 0 amide bonds. The predicted octanol–water partition coefficient (Wildman–Crippen LogP) is 4.00. The summed E-state index contributed by atoms with van der Waals surface area (Å²) in [6.45, 7) is 3.49. The lowest BCUT2D eigenvalue weighted by Gasteiger charge is -2.19. The SMILES string of the molecule is COc1cc(Nc2ncc(-c3cnn(C(C)O)c3)c(Nc3ccc4c(c3)CNCC4)n2)cc(OC)c1. The van der Waals surface area contributed by atoms with Gasteiger partial charge in [-0.25, -0.2) is 9.67 Å². The number of hydrogen-bond acceptors (Lipinski definition) is 9. The van der Waals surface area contributed by atoms with Gasteiger partial charge in [-0.1, -0.05) is 6.07 Å². The van der Waals surface area contributed by atoms with Crippen molar-refractivity contribution in [3.8, 4) is 22.6 Å². The van der Waals surface area contributed by atoms with Gasteiger partial charge in [0.15, 0.2) is 0 Å². The van der Waals surface area contributed by atoms with E-state index in [2.05, 4.69) is 44.2 Å². The lowest BCUT2D eigenvalue weighted by atomic mass is 10.0. The van der Waals surface area contributed by atoms with Gasteiger partial charge in [-0.15, -0.1) is 0 Å². The summed E-state index contributed by atoms with van der Waals surface area (Å²) < 4.78 is 12.2. The zero-order chi connectivity index (χ0) is 25.1. The third-order valence-electron chi connectivity index (χ3n) is 6.05. The second kappa shape index (κ2) is 10.2. The van der Waals surface area contributed by atoms with Crippen molar-refractivity contribution >= 4 is 23.1 Å². The second-order valence-electron chi connectivity index (χ2n) is 8.56. The molecule has 2 aromatic carbocycles. The maximum absolute atomic E-state index is 9.91. The number of ether oxygens (including phenoxy) is 2. The summed E-state index contributed by atoms with van der Waals surface area (Å²) in [5.74, 6) is 2.32. The minimum atomic E-state index is -0.742. The summed E-state index contributed by atoms with van der Waals surface area (Å²) in [5, 5.41) is 24.3. The summed E-state index contributed by atoms with van der Waals surface area (Å²) in [6, 6.07) is 11.9. The topological polar surface area (TPSA) is 118 Å². The van der Waals surface area contributed by atoms with Crippen LogP contribution >= 0.6 is 0 Å². The van der Waals surface area contributed by atoms with Gasteiger partial charge in [0.2, 0.25) is 5.95 Å². The molecule has 3 heterocycles. The standard InChI is InChI=1S/C26H29N7O3/c1-16(34)33-15-19(13-29-33)24-14-28-26(31-21-9-22(35-2)11-23(10-21)36-3)32-25(24)30-20-5-4-17-6-7-27-12-18(17)8-20/h4-5,8-11,13-16,27,34H,6-7,12H2,1-3H3,(H2,28,30,31,32). The van der Waals surface area contributed by atoms with Crippen LogP contribution in [0, 0.1) is 0 Å². The van der Waals surface area contributed by atoms with Crippen molar-refractivity contribution in [3.05, 3.63) is 66.1 Å². The first-order valence-corrected chi connectivity index (χ1v) is 11.7. The number of fused-ring (bicyclic) bond motifs is 1. The van der Waals surface area contributed by atoms with Gasteiger partial charge in [0.05, 0.1) is 20.4 Å². The van der Waals surface area contributed by atoms with Crippen molar-refractivity contribution < 1.29 is 14.6 Å². The fourth-order valence-corrected chi connectivity index (χ4v) is 4.13. The Hall–Kier alpha value is -4.15. The molecule has 4 aromatic rings. The smallest absolute Gasteiger partial charge is 0.229 e. The van der Waals surface area contributed by atoms with Crippen LogP contribution in [0.15, 0.2) is 55.0 Å². The highest BCUT2D eigenvalue weighted by Crippen LogP contribution is 2.32. The normalized spacial score (nSPS) is 13.6. The van der Waals surface area contributed by atoms with Gasteiger partial charge in [0.1, 0.15) is 23.5 Å². The van der Waals surface area contributed by atoms with Crippen LogP contribution in [0.3, 0.4) is 0 Å². The van der Waals surface area contributed by atoms with Gasteiger partial charge in [-0.2, -0.15) is 10.1 Å². The molecule has 0 saturated heterocycles. The van der Waals surface area contributed by atoms with Crippen molar-refractivity contribution in [2.24, 2.45) is 0 Å². The Morgan fingerprint density at radius 3 is 2.53 bits per heavy atom. The maximum Gasteiger partial charge on any atom is 0.229 e. The number of aliphatic hydroxyl groups is 1. The Morgan fingerprint density at radius 1 is 1.00 bits per heavy atom. The number of benzene rings is 2. The number of aromatic nitrogens is 4. The molecule has 0 saturated carbocycles. The largest absolute Gasteiger partial charge is 0.497 e. The number of anilines is 4. The molecule has 1 unspecified atom stereocenters. The quantitative estimate of drug-likeness (QED) is 0.292. The third kappa shape index (κ3) is 5.09. The number of nitrogens with zero attached hydrogens (tertiary/aromatic N) is 4. The Bertz CT molecular complexity index is 1350. The first-order valence-electron chi connectivity index (χ1n) is 11.7. The van der Waals surface area contributed by atoms with Crippen LogP contribution in [0.5, 0.6) is 11.5 Å². The first-order chi connectivity index (χ1) is 17.5. The van der Waals surface area contributed by atoms with E-state index in [0.29, 0.717) is 23.3 Å². The van der Waals surface area contributed by atoms with Gasteiger partial charge >= 0.3 is 0 Å². The van der Waals surface area contributed by atoms with Gasteiger partial charge in [-0.3, -0.25) is 0 Å². The summed E-state index contributed by atoms with van der Waals surface area (Å²) in [5.41, 5.74) is 5.82. The van der Waals surface area contributed by atoms with E-state index in [1.165, 1.54) is 15.8 Å². The Kier molecular flexibility index (Phi) is 6.70. The second-order valence-corrected chi connectivity index (χ2v) is 8.56. The van der Waals surface area contributed by atoms with Crippen molar-refractivity contribution in [3.63, 3.8) is 0 Å². The zero-order valence-corrected chi connectivity index (χ0v) is 20.4. The van der Waals surface area contributed by atoms with Crippen LogP contribution in [-0.4, -0.2) is 45.6 Å². The lowest BCUT2D eigenvalue weighted by Crippen LogP contribution is -2.23. The monoisotopic (exact) mass is 487 g/mol. The van der Waals surface area contributed by atoms with E-state index < -0.39 is 6.23 Å². The highest BCUT2D eigenvalue weighted by molar-refractivity contribution is 5.78. The van der Waals surface area contributed by atoms with Crippen LogP contribution in [0.4, 0.5) is 23.1 Å². The van der Waals surface area contributed by atoms with Crippen molar-refractivity contribution in [1.82, 2.24) is 25.1 Å². The van der Waals surface area contributed by atoms with Gasteiger partial charge in [-0.05, 0) is 43.1 Å². The highest BCUT2D eigenvalue weighted by Gasteiger charge is 2.15. The van der Waals surface area contributed by atoms with E-state index in [1.807, 2.05) is 12.1 Å². The fraction of sp³-hybridized carbons (Fsp3) is 0.269. The number of rotatable bonds is 8. The molecule has 10 nitrogen and oxygen atoms in total. The highest BCUT2D eigenvalue weighted by atomic mass is 16.5. The Balaban J connectivity index is 1.51. The third-order valence-corrected chi connectivity index (χ3v) is 6.05. The van der Waals surface area contributed by atoms with E-state index in [9.17, 15) is 5.11 Å². The average molecular weight is 488 g/mol. The molecule has 1 atom stereocenters. The molecule has 5 rings (SSSR count). The van der Waals surface area contributed by atoms with Crippen molar-refractivity contribution in [1.29, 1.82) is 0 Å².